The Hall–Kier alpha value is -1.91. The van der Waals surface area contributed by atoms with Gasteiger partial charge in [-0.25, -0.2) is 0 Å². The summed E-state index contributed by atoms with van der Waals surface area (Å²) in [7, 11) is 0. The first-order valence-electron chi connectivity index (χ1n) is 4.87. The van der Waals surface area contributed by atoms with Crippen LogP contribution >= 0.6 is 0 Å². The van der Waals surface area contributed by atoms with E-state index in [0.717, 1.165) is 12.1 Å². The lowest BCUT2D eigenvalue weighted by Crippen LogP contribution is -2.05. The Morgan fingerprint density at radius 3 is 2.73 bits per heavy atom. The van der Waals surface area contributed by atoms with Crippen LogP contribution < -0.4 is 5.73 Å². The second-order valence-corrected chi connectivity index (χ2v) is 3.31. The molecule has 2 heterocycles. The molecule has 2 rings (SSSR count). The third-order valence-corrected chi connectivity index (χ3v) is 2.15. The Kier molecular flexibility index (Phi) is 2.62. The molecule has 0 bridgehead atoms. The number of nitrogens with two attached hydrogens (primary N) is 1. The van der Waals surface area contributed by atoms with Crippen LogP contribution in [0.2, 0.25) is 0 Å². The van der Waals surface area contributed by atoms with Crippen molar-refractivity contribution in [2.45, 2.75) is 19.9 Å². The largest absolute Gasteiger partial charge is 0.381 e. The first kappa shape index (κ1) is 9.64. The molecule has 78 valence electrons. The standard InChI is InChI=1S/C10H13N5/c1-2-8-3-4-9(12-5-8)7-15-13-6-10(11)14-15/h3-6H,2,7H2,1H3,(H2,11,14). The summed E-state index contributed by atoms with van der Waals surface area (Å²) in [5.74, 6) is 0.431. The Labute approximate surface area is 87.9 Å². The Balaban J connectivity index is 2.11. The van der Waals surface area contributed by atoms with E-state index in [1.807, 2.05) is 12.3 Å². The van der Waals surface area contributed by atoms with Crippen molar-refractivity contribution in [2.24, 2.45) is 0 Å². The van der Waals surface area contributed by atoms with Gasteiger partial charge in [0.15, 0.2) is 5.82 Å². The highest BCUT2D eigenvalue weighted by Gasteiger charge is 1.99. The maximum atomic E-state index is 5.46. The van der Waals surface area contributed by atoms with Gasteiger partial charge in [0.2, 0.25) is 0 Å². The van der Waals surface area contributed by atoms with E-state index in [2.05, 4.69) is 28.2 Å². The summed E-state index contributed by atoms with van der Waals surface area (Å²) in [6, 6.07) is 4.05. The van der Waals surface area contributed by atoms with Crippen LogP contribution in [0.15, 0.2) is 24.5 Å². The summed E-state index contributed by atoms with van der Waals surface area (Å²) in [5, 5.41) is 7.99. The van der Waals surface area contributed by atoms with Crippen LogP contribution in [-0.2, 0) is 13.0 Å². The summed E-state index contributed by atoms with van der Waals surface area (Å²) in [6.45, 7) is 2.66. The number of rotatable bonds is 3. The molecule has 0 radical (unpaired) electrons. The van der Waals surface area contributed by atoms with Crippen molar-refractivity contribution in [1.29, 1.82) is 0 Å². The number of hydrogen-bond donors (Lipinski definition) is 1. The lowest BCUT2D eigenvalue weighted by molar-refractivity contribution is 0.583. The fourth-order valence-corrected chi connectivity index (χ4v) is 1.29. The molecule has 0 atom stereocenters. The Morgan fingerprint density at radius 2 is 2.20 bits per heavy atom. The van der Waals surface area contributed by atoms with Gasteiger partial charge >= 0.3 is 0 Å². The van der Waals surface area contributed by atoms with Gasteiger partial charge in [-0.3, -0.25) is 4.98 Å². The first-order chi connectivity index (χ1) is 7.28. The minimum Gasteiger partial charge on any atom is -0.381 e. The predicted octanol–water partition coefficient (Wildman–Crippen LogP) is 0.866. The molecule has 2 aromatic heterocycles. The zero-order chi connectivity index (χ0) is 10.7. The van der Waals surface area contributed by atoms with Gasteiger partial charge in [0.25, 0.3) is 0 Å². The van der Waals surface area contributed by atoms with E-state index in [0.29, 0.717) is 12.4 Å². The molecule has 0 aliphatic heterocycles. The topological polar surface area (TPSA) is 69.6 Å². The molecule has 0 spiro atoms. The van der Waals surface area contributed by atoms with Crippen LogP contribution in [0.25, 0.3) is 0 Å². The van der Waals surface area contributed by atoms with Crippen molar-refractivity contribution >= 4 is 5.82 Å². The van der Waals surface area contributed by atoms with E-state index in [9.17, 15) is 0 Å². The molecule has 0 saturated heterocycles. The summed E-state index contributed by atoms with van der Waals surface area (Å²) in [4.78, 5) is 5.84. The number of aromatic nitrogens is 4. The number of pyridine rings is 1. The maximum absolute atomic E-state index is 5.46. The smallest absolute Gasteiger partial charge is 0.165 e. The maximum Gasteiger partial charge on any atom is 0.165 e. The quantitative estimate of drug-likeness (QED) is 0.803. The van der Waals surface area contributed by atoms with Crippen molar-refractivity contribution in [2.75, 3.05) is 5.73 Å². The van der Waals surface area contributed by atoms with E-state index < -0.39 is 0 Å². The van der Waals surface area contributed by atoms with E-state index >= 15 is 0 Å². The summed E-state index contributed by atoms with van der Waals surface area (Å²) >= 11 is 0. The molecule has 0 saturated carbocycles. The lowest BCUT2D eigenvalue weighted by Gasteiger charge is -2.00. The molecule has 2 N–H and O–H groups in total. The zero-order valence-corrected chi connectivity index (χ0v) is 8.59. The van der Waals surface area contributed by atoms with Crippen LogP contribution in [0.1, 0.15) is 18.2 Å². The number of hydrogen-bond acceptors (Lipinski definition) is 4. The van der Waals surface area contributed by atoms with Crippen molar-refractivity contribution in [3.05, 3.63) is 35.8 Å². The molecule has 0 aliphatic rings. The number of nitrogen functional groups attached to an aromatic ring is 1. The van der Waals surface area contributed by atoms with Gasteiger partial charge in [-0.05, 0) is 18.1 Å². The van der Waals surface area contributed by atoms with Crippen molar-refractivity contribution in [3.63, 3.8) is 0 Å². The normalized spacial score (nSPS) is 10.5. The molecule has 0 unspecified atom stereocenters. The predicted molar refractivity (Wildman–Crippen MR) is 57.2 cm³/mol. The summed E-state index contributed by atoms with van der Waals surface area (Å²) in [5.41, 5.74) is 7.62. The molecular formula is C10H13N5. The second-order valence-electron chi connectivity index (χ2n) is 3.31. The minimum absolute atomic E-state index is 0.431. The molecule has 0 fully saturated rings. The summed E-state index contributed by atoms with van der Waals surface area (Å²) in [6.07, 6.45) is 4.41. The average Bonchev–Trinajstić information content (AvgIpc) is 2.65. The Morgan fingerprint density at radius 1 is 1.33 bits per heavy atom. The highest BCUT2D eigenvalue weighted by Crippen LogP contribution is 2.02. The molecule has 5 nitrogen and oxygen atoms in total. The third kappa shape index (κ3) is 2.31. The van der Waals surface area contributed by atoms with Crippen molar-refractivity contribution in [1.82, 2.24) is 20.0 Å². The highest BCUT2D eigenvalue weighted by molar-refractivity contribution is 5.20. The highest BCUT2D eigenvalue weighted by atomic mass is 15.5. The molecule has 2 aromatic rings. The van der Waals surface area contributed by atoms with Crippen molar-refractivity contribution < 1.29 is 0 Å². The third-order valence-electron chi connectivity index (χ3n) is 2.15. The number of nitrogens with zero attached hydrogens (tertiary/aromatic N) is 4. The van der Waals surface area contributed by atoms with E-state index in [4.69, 9.17) is 5.73 Å². The van der Waals surface area contributed by atoms with E-state index in [-0.39, 0.29) is 0 Å². The second kappa shape index (κ2) is 4.08. The van der Waals surface area contributed by atoms with Crippen LogP contribution in [0.3, 0.4) is 0 Å². The van der Waals surface area contributed by atoms with Gasteiger partial charge in [-0.1, -0.05) is 13.0 Å². The van der Waals surface area contributed by atoms with E-state index in [1.54, 1.807) is 0 Å². The molecular weight excluding hydrogens is 190 g/mol. The summed E-state index contributed by atoms with van der Waals surface area (Å²) < 4.78 is 0. The minimum atomic E-state index is 0.431. The fraction of sp³-hybridized carbons (Fsp3) is 0.300. The number of anilines is 1. The van der Waals surface area contributed by atoms with Crippen LogP contribution in [0.5, 0.6) is 0 Å². The van der Waals surface area contributed by atoms with Gasteiger partial charge in [0, 0.05) is 6.20 Å². The monoisotopic (exact) mass is 203 g/mol. The van der Waals surface area contributed by atoms with Gasteiger partial charge in [0.05, 0.1) is 11.9 Å². The van der Waals surface area contributed by atoms with Gasteiger partial charge in [-0.15, -0.1) is 5.10 Å². The number of aryl methyl sites for hydroxylation is 1. The van der Waals surface area contributed by atoms with Gasteiger partial charge in [0.1, 0.15) is 6.54 Å². The van der Waals surface area contributed by atoms with Crippen LogP contribution in [0, 0.1) is 0 Å². The molecule has 5 heteroatoms. The van der Waals surface area contributed by atoms with Gasteiger partial charge in [-0.2, -0.15) is 9.90 Å². The van der Waals surface area contributed by atoms with Crippen LogP contribution in [-0.4, -0.2) is 20.0 Å². The van der Waals surface area contributed by atoms with E-state index in [1.165, 1.54) is 16.6 Å². The molecule has 0 aromatic carbocycles. The lowest BCUT2D eigenvalue weighted by atomic mass is 10.2. The fourth-order valence-electron chi connectivity index (χ4n) is 1.29. The molecule has 0 amide bonds. The average molecular weight is 203 g/mol. The van der Waals surface area contributed by atoms with Crippen molar-refractivity contribution in [3.8, 4) is 0 Å². The first-order valence-corrected chi connectivity index (χ1v) is 4.87. The van der Waals surface area contributed by atoms with Gasteiger partial charge < -0.3 is 5.73 Å². The molecule has 15 heavy (non-hydrogen) atoms. The Bertz CT molecular complexity index is 431. The SMILES string of the molecule is CCc1ccc(Cn2ncc(N)n2)nc1. The molecule has 0 aliphatic carbocycles. The zero-order valence-electron chi connectivity index (χ0n) is 8.59. The van der Waals surface area contributed by atoms with Crippen LogP contribution in [0.4, 0.5) is 5.82 Å².